The van der Waals surface area contributed by atoms with Gasteiger partial charge in [0.1, 0.15) is 11.5 Å². The highest BCUT2D eigenvalue weighted by atomic mass is 32.2. The zero-order chi connectivity index (χ0) is 21.6. The first-order chi connectivity index (χ1) is 14.4. The normalized spacial score (nSPS) is 10.9. The van der Waals surface area contributed by atoms with Gasteiger partial charge in [-0.15, -0.1) is 0 Å². The lowest BCUT2D eigenvalue weighted by molar-refractivity contribution is -0.115. The second-order valence-electron chi connectivity index (χ2n) is 6.41. The van der Waals surface area contributed by atoms with Gasteiger partial charge in [0.05, 0.1) is 31.2 Å². The lowest BCUT2D eigenvalue weighted by Gasteiger charge is -2.13. The molecule has 0 saturated heterocycles. The molecule has 0 saturated carbocycles. The molecule has 3 rings (SSSR count). The summed E-state index contributed by atoms with van der Waals surface area (Å²) in [7, 11) is -0.886. The van der Waals surface area contributed by atoms with Crippen LogP contribution in [-0.4, -0.2) is 28.5 Å². The van der Waals surface area contributed by atoms with Crippen LogP contribution in [0.25, 0.3) is 0 Å². The first kappa shape index (κ1) is 21.2. The maximum absolute atomic E-state index is 12.7. The van der Waals surface area contributed by atoms with E-state index in [1.165, 1.54) is 26.4 Å². The van der Waals surface area contributed by atoms with Crippen molar-refractivity contribution >= 4 is 27.3 Å². The zero-order valence-corrected chi connectivity index (χ0v) is 17.4. The molecule has 3 aromatic rings. The molecule has 0 unspecified atom stereocenters. The van der Waals surface area contributed by atoms with Gasteiger partial charge in [0.25, 0.3) is 10.0 Å². The summed E-state index contributed by atoms with van der Waals surface area (Å²) in [5.74, 6) is 0.700. The Morgan fingerprint density at radius 2 is 1.60 bits per heavy atom. The van der Waals surface area contributed by atoms with Crippen LogP contribution in [0.15, 0.2) is 77.7 Å². The van der Waals surface area contributed by atoms with Gasteiger partial charge in [-0.1, -0.05) is 30.3 Å². The van der Waals surface area contributed by atoms with E-state index in [4.69, 9.17) is 9.47 Å². The molecule has 0 radical (unpaired) electrons. The maximum atomic E-state index is 12.7. The Bertz CT molecular complexity index is 1110. The highest BCUT2D eigenvalue weighted by Crippen LogP contribution is 2.31. The van der Waals surface area contributed by atoms with Gasteiger partial charge in [-0.2, -0.15) is 0 Å². The number of methoxy groups -OCH3 is 2. The standard InChI is InChI=1S/C22H22N2O5S/c1-28-18-10-13-20(21(15-18)29-2)24-30(26,27)19-11-8-17(9-12-19)23-22(25)14-16-6-4-3-5-7-16/h3-13,15,24H,14H2,1-2H3,(H,23,25). The van der Waals surface area contributed by atoms with Crippen molar-refractivity contribution in [3.63, 3.8) is 0 Å². The topological polar surface area (TPSA) is 93.7 Å². The molecule has 3 aromatic carbocycles. The first-order valence-corrected chi connectivity index (χ1v) is 10.6. The van der Waals surface area contributed by atoms with E-state index in [1.807, 2.05) is 30.3 Å². The number of nitrogens with one attached hydrogen (secondary N) is 2. The van der Waals surface area contributed by atoms with Gasteiger partial charge in [-0.3, -0.25) is 9.52 Å². The molecular formula is C22H22N2O5S. The zero-order valence-electron chi connectivity index (χ0n) is 16.6. The lowest BCUT2D eigenvalue weighted by Crippen LogP contribution is -2.15. The highest BCUT2D eigenvalue weighted by Gasteiger charge is 2.17. The fraction of sp³-hybridized carbons (Fsp3) is 0.136. The van der Waals surface area contributed by atoms with Crippen LogP contribution in [0.4, 0.5) is 11.4 Å². The van der Waals surface area contributed by atoms with Crippen LogP contribution in [0, 0.1) is 0 Å². The Hall–Kier alpha value is -3.52. The van der Waals surface area contributed by atoms with E-state index in [2.05, 4.69) is 10.0 Å². The van der Waals surface area contributed by atoms with Gasteiger partial charge in [-0.05, 0) is 42.0 Å². The third kappa shape index (κ3) is 5.30. The van der Waals surface area contributed by atoms with E-state index in [-0.39, 0.29) is 17.2 Å². The molecule has 0 heterocycles. The number of carbonyl (C=O) groups is 1. The molecule has 156 valence electrons. The summed E-state index contributed by atoms with van der Waals surface area (Å²) in [5.41, 5.74) is 1.70. The van der Waals surface area contributed by atoms with Gasteiger partial charge in [0, 0.05) is 11.8 Å². The van der Waals surface area contributed by atoms with Gasteiger partial charge >= 0.3 is 0 Å². The molecule has 0 atom stereocenters. The van der Waals surface area contributed by atoms with E-state index in [0.717, 1.165) is 5.56 Å². The number of sulfonamides is 1. The van der Waals surface area contributed by atoms with E-state index in [0.29, 0.717) is 22.9 Å². The molecule has 30 heavy (non-hydrogen) atoms. The van der Waals surface area contributed by atoms with Crippen molar-refractivity contribution in [3.8, 4) is 11.5 Å². The van der Waals surface area contributed by atoms with Gasteiger partial charge in [-0.25, -0.2) is 8.42 Å². The third-order valence-electron chi connectivity index (χ3n) is 4.31. The summed E-state index contributed by atoms with van der Waals surface area (Å²) in [6, 6.07) is 20.1. The van der Waals surface area contributed by atoms with Crippen LogP contribution in [0.3, 0.4) is 0 Å². The third-order valence-corrected chi connectivity index (χ3v) is 5.69. The van der Waals surface area contributed by atoms with Crippen molar-refractivity contribution in [1.82, 2.24) is 0 Å². The van der Waals surface area contributed by atoms with Crippen molar-refractivity contribution in [1.29, 1.82) is 0 Å². The quantitative estimate of drug-likeness (QED) is 0.573. The molecule has 0 aliphatic carbocycles. The fourth-order valence-corrected chi connectivity index (χ4v) is 3.86. The number of amides is 1. The number of anilines is 2. The molecule has 2 N–H and O–H groups in total. The van der Waals surface area contributed by atoms with Gasteiger partial charge < -0.3 is 14.8 Å². The van der Waals surface area contributed by atoms with E-state index >= 15 is 0 Å². The number of hydrogen-bond donors (Lipinski definition) is 2. The summed E-state index contributed by atoms with van der Waals surface area (Å²) in [5, 5.41) is 2.76. The molecule has 0 aliphatic rings. The fourth-order valence-electron chi connectivity index (χ4n) is 2.79. The smallest absolute Gasteiger partial charge is 0.262 e. The van der Waals surface area contributed by atoms with Gasteiger partial charge in [0.2, 0.25) is 5.91 Å². The molecular weight excluding hydrogens is 404 g/mol. The van der Waals surface area contributed by atoms with Crippen LogP contribution in [-0.2, 0) is 21.2 Å². The molecule has 7 nitrogen and oxygen atoms in total. The molecule has 0 aliphatic heterocycles. The summed E-state index contributed by atoms with van der Waals surface area (Å²) >= 11 is 0. The second-order valence-corrected chi connectivity index (χ2v) is 8.09. The van der Waals surface area contributed by atoms with Crippen molar-refractivity contribution in [2.24, 2.45) is 0 Å². The Balaban J connectivity index is 1.69. The van der Waals surface area contributed by atoms with Crippen LogP contribution < -0.4 is 19.5 Å². The Labute approximate surface area is 175 Å². The number of rotatable bonds is 8. The minimum Gasteiger partial charge on any atom is -0.497 e. The lowest BCUT2D eigenvalue weighted by atomic mass is 10.1. The predicted molar refractivity (Wildman–Crippen MR) is 116 cm³/mol. The minimum atomic E-state index is -3.84. The molecule has 0 aromatic heterocycles. The molecule has 8 heteroatoms. The number of hydrogen-bond acceptors (Lipinski definition) is 5. The molecule has 1 amide bonds. The van der Waals surface area contributed by atoms with Crippen LogP contribution >= 0.6 is 0 Å². The molecule has 0 bridgehead atoms. The van der Waals surface area contributed by atoms with Crippen LogP contribution in [0.2, 0.25) is 0 Å². The van der Waals surface area contributed by atoms with Crippen molar-refractivity contribution in [2.45, 2.75) is 11.3 Å². The Morgan fingerprint density at radius 3 is 2.23 bits per heavy atom. The molecule has 0 fully saturated rings. The summed E-state index contributed by atoms with van der Waals surface area (Å²) in [4.78, 5) is 12.2. The Morgan fingerprint density at radius 1 is 0.900 bits per heavy atom. The van der Waals surface area contributed by atoms with Crippen LogP contribution in [0.1, 0.15) is 5.56 Å². The average Bonchev–Trinajstić information content (AvgIpc) is 2.75. The number of ether oxygens (including phenoxy) is 2. The van der Waals surface area contributed by atoms with Crippen molar-refractivity contribution in [2.75, 3.05) is 24.3 Å². The predicted octanol–water partition coefficient (Wildman–Crippen LogP) is 3.69. The van der Waals surface area contributed by atoms with E-state index in [1.54, 1.807) is 30.3 Å². The summed E-state index contributed by atoms with van der Waals surface area (Å²) in [6.45, 7) is 0. The minimum absolute atomic E-state index is 0.0569. The Kier molecular flexibility index (Phi) is 6.58. The van der Waals surface area contributed by atoms with Gasteiger partial charge in [0.15, 0.2) is 0 Å². The SMILES string of the molecule is COc1ccc(NS(=O)(=O)c2ccc(NC(=O)Cc3ccccc3)cc2)c(OC)c1. The monoisotopic (exact) mass is 426 g/mol. The number of carbonyl (C=O) groups excluding carboxylic acids is 1. The second kappa shape index (κ2) is 9.32. The van der Waals surface area contributed by atoms with Crippen molar-refractivity contribution < 1.29 is 22.7 Å². The summed E-state index contributed by atoms with van der Waals surface area (Å²) in [6.07, 6.45) is 0.236. The van der Waals surface area contributed by atoms with E-state index < -0.39 is 10.0 Å². The summed E-state index contributed by atoms with van der Waals surface area (Å²) < 4.78 is 38.3. The van der Waals surface area contributed by atoms with Crippen molar-refractivity contribution in [3.05, 3.63) is 78.4 Å². The van der Waals surface area contributed by atoms with E-state index in [9.17, 15) is 13.2 Å². The maximum Gasteiger partial charge on any atom is 0.262 e. The largest absolute Gasteiger partial charge is 0.497 e. The van der Waals surface area contributed by atoms with Crippen LogP contribution in [0.5, 0.6) is 11.5 Å². The first-order valence-electron chi connectivity index (χ1n) is 9.10. The highest BCUT2D eigenvalue weighted by molar-refractivity contribution is 7.92. The number of benzene rings is 3. The average molecular weight is 426 g/mol. The molecule has 0 spiro atoms.